The molecule has 0 aliphatic carbocycles. The summed E-state index contributed by atoms with van der Waals surface area (Å²) in [4.78, 5) is 3.91. The van der Waals surface area contributed by atoms with E-state index in [0.717, 1.165) is 11.1 Å². The third-order valence-electron chi connectivity index (χ3n) is 2.09. The van der Waals surface area contributed by atoms with Gasteiger partial charge >= 0.3 is 0 Å². The molecule has 0 amide bonds. The zero-order chi connectivity index (χ0) is 11.7. The molecule has 0 saturated carbocycles. The SMILES string of the molecule is Nc1cc(-c2cc(Cl)cc(Cl)c2Cl)ccn1. The van der Waals surface area contributed by atoms with Crippen LogP contribution in [0.25, 0.3) is 11.1 Å². The van der Waals surface area contributed by atoms with Crippen molar-refractivity contribution in [3.63, 3.8) is 0 Å². The van der Waals surface area contributed by atoms with Crippen molar-refractivity contribution in [3.05, 3.63) is 45.5 Å². The molecule has 0 radical (unpaired) electrons. The number of benzene rings is 1. The highest BCUT2D eigenvalue weighted by Crippen LogP contribution is 2.36. The maximum absolute atomic E-state index is 6.10. The Morgan fingerprint density at radius 3 is 2.50 bits per heavy atom. The van der Waals surface area contributed by atoms with E-state index in [9.17, 15) is 0 Å². The molecule has 0 fully saturated rings. The van der Waals surface area contributed by atoms with Crippen molar-refractivity contribution in [1.29, 1.82) is 0 Å². The monoisotopic (exact) mass is 272 g/mol. The molecule has 2 nitrogen and oxygen atoms in total. The first-order valence-corrected chi connectivity index (χ1v) is 5.58. The van der Waals surface area contributed by atoms with Crippen LogP contribution in [0, 0.1) is 0 Å². The fourth-order valence-corrected chi connectivity index (χ4v) is 2.09. The normalized spacial score (nSPS) is 10.4. The largest absolute Gasteiger partial charge is 0.384 e. The maximum Gasteiger partial charge on any atom is 0.123 e. The molecule has 0 atom stereocenters. The van der Waals surface area contributed by atoms with Gasteiger partial charge in [-0.25, -0.2) is 4.98 Å². The van der Waals surface area contributed by atoms with Crippen molar-refractivity contribution in [2.75, 3.05) is 5.73 Å². The van der Waals surface area contributed by atoms with Gasteiger partial charge in [-0.05, 0) is 29.8 Å². The number of aromatic nitrogens is 1. The lowest BCUT2D eigenvalue weighted by Crippen LogP contribution is -1.90. The molecule has 0 aliphatic heterocycles. The van der Waals surface area contributed by atoms with Crippen molar-refractivity contribution in [1.82, 2.24) is 4.98 Å². The van der Waals surface area contributed by atoms with E-state index in [4.69, 9.17) is 40.5 Å². The molecule has 1 aromatic heterocycles. The fraction of sp³-hybridized carbons (Fsp3) is 0. The van der Waals surface area contributed by atoms with Gasteiger partial charge in [0.15, 0.2) is 0 Å². The zero-order valence-corrected chi connectivity index (χ0v) is 10.3. The molecule has 5 heteroatoms. The molecular formula is C11H7Cl3N2. The zero-order valence-electron chi connectivity index (χ0n) is 8.05. The van der Waals surface area contributed by atoms with Gasteiger partial charge in [0.1, 0.15) is 5.82 Å². The van der Waals surface area contributed by atoms with Gasteiger partial charge in [0.05, 0.1) is 10.0 Å². The van der Waals surface area contributed by atoms with E-state index in [1.807, 2.05) is 0 Å². The molecular weight excluding hydrogens is 266 g/mol. The minimum Gasteiger partial charge on any atom is -0.384 e. The van der Waals surface area contributed by atoms with E-state index in [-0.39, 0.29) is 0 Å². The highest BCUT2D eigenvalue weighted by Gasteiger charge is 2.09. The van der Waals surface area contributed by atoms with Gasteiger partial charge in [0.25, 0.3) is 0 Å². The molecule has 0 aliphatic rings. The van der Waals surface area contributed by atoms with Crippen LogP contribution in [0.15, 0.2) is 30.5 Å². The molecule has 0 bridgehead atoms. The molecule has 0 spiro atoms. The third-order valence-corrected chi connectivity index (χ3v) is 3.11. The quantitative estimate of drug-likeness (QED) is 0.787. The second-order valence-corrected chi connectivity index (χ2v) is 4.44. The van der Waals surface area contributed by atoms with Gasteiger partial charge < -0.3 is 5.73 Å². The molecule has 1 aromatic carbocycles. The number of anilines is 1. The molecule has 2 aromatic rings. The van der Waals surface area contributed by atoms with E-state index in [1.165, 1.54) is 0 Å². The molecule has 82 valence electrons. The van der Waals surface area contributed by atoms with Crippen LogP contribution in [0.2, 0.25) is 15.1 Å². The number of hydrogen-bond donors (Lipinski definition) is 1. The number of rotatable bonds is 1. The number of nitrogens with zero attached hydrogens (tertiary/aromatic N) is 1. The van der Waals surface area contributed by atoms with Crippen molar-refractivity contribution in [2.45, 2.75) is 0 Å². The van der Waals surface area contributed by atoms with Gasteiger partial charge in [-0.3, -0.25) is 0 Å². The van der Waals surface area contributed by atoms with Crippen LogP contribution in [0.1, 0.15) is 0 Å². The first-order valence-electron chi connectivity index (χ1n) is 4.44. The maximum atomic E-state index is 6.10. The van der Waals surface area contributed by atoms with Gasteiger partial charge in [0.2, 0.25) is 0 Å². The Bertz CT molecular complexity index is 541. The van der Waals surface area contributed by atoms with Gasteiger partial charge in [-0.15, -0.1) is 0 Å². The average Bonchev–Trinajstić information content (AvgIpc) is 2.23. The van der Waals surface area contributed by atoms with E-state index < -0.39 is 0 Å². The minimum atomic E-state index is 0.416. The predicted molar refractivity (Wildman–Crippen MR) is 69.1 cm³/mol. The lowest BCUT2D eigenvalue weighted by atomic mass is 10.1. The standard InChI is InChI=1S/C11H7Cl3N2/c12-7-4-8(11(14)9(13)5-7)6-1-2-16-10(15)3-6/h1-5H,(H2,15,16). The summed E-state index contributed by atoms with van der Waals surface area (Å²) in [5.74, 6) is 0.421. The van der Waals surface area contributed by atoms with E-state index in [1.54, 1.807) is 30.5 Å². The fourth-order valence-electron chi connectivity index (χ4n) is 1.38. The molecule has 0 saturated heterocycles. The van der Waals surface area contributed by atoms with Crippen molar-refractivity contribution in [2.24, 2.45) is 0 Å². The van der Waals surface area contributed by atoms with E-state index in [2.05, 4.69) is 4.98 Å². The summed E-state index contributed by atoms with van der Waals surface area (Å²) in [5, 5.41) is 1.40. The van der Waals surface area contributed by atoms with Crippen LogP contribution >= 0.6 is 34.8 Å². The molecule has 0 unspecified atom stereocenters. The minimum absolute atomic E-state index is 0.416. The highest BCUT2D eigenvalue weighted by atomic mass is 35.5. The second kappa shape index (κ2) is 4.50. The number of halogens is 3. The molecule has 1 heterocycles. The smallest absolute Gasteiger partial charge is 0.123 e. The summed E-state index contributed by atoms with van der Waals surface area (Å²) >= 11 is 18.0. The van der Waals surface area contributed by atoms with Crippen LogP contribution in [0.3, 0.4) is 0 Å². The average molecular weight is 274 g/mol. The topological polar surface area (TPSA) is 38.9 Å². The summed E-state index contributed by atoms with van der Waals surface area (Å²) in [6.07, 6.45) is 1.61. The third kappa shape index (κ3) is 2.24. The number of hydrogen-bond acceptors (Lipinski definition) is 2. The second-order valence-electron chi connectivity index (χ2n) is 3.22. The molecule has 16 heavy (non-hydrogen) atoms. The first-order chi connectivity index (χ1) is 7.58. The number of nitrogens with two attached hydrogens (primary N) is 1. The van der Waals surface area contributed by atoms with Crippen LogP contribution in [-0.4, -0.2) is 4.98 Å². The van der Waals surface area contributed by atoms with Crippen molar-refractivity contribution >= 4 is 40.6 Å². The van der Waals surface area contributed by atoms with E-state index >= 15 is 0 Å². The Kier molecular flexibility index (Phi) is 3.24. The molecule has 2 N–H and O–H groups in total. The first kappa shape index (κ1) is 11.5. The Hall–Kier alpha value is -0.960. The van der Waals surface area contributed by atoms with Gasteiger partial charge in [-0.2, -0.15) is 0 Å². The van der Waals surface area contributed by atoms with Gasteiger partial charge in [-0.1, -0.05) is 34.8 Å². The van der Waals surface area contributed by atoms with Crippen molar-refractivity contribution < 1.29 is 0 Å². The summed E-state index contributed by atoms with van der Waals surface area (Å²) < 4.78 is 0. The predicted octanol–water partition coefficient (Wildman–Crippen LogP) is 4.29. The highest BCUT2D eigenvalue weighted by molar-refractivity contribution is 6.45. The summed E-state index contributed by atoms with van der Waals surface area (Å²) in [7, 11) is 0. The Morgan fingerprint density at radius 2 is 1.81 bits per heavy atom. The van der Waals surface area contributed by atoms with Crippen LogP contribution in [-0.2, 0) is 0 Å². The molecule has 2 rings (SSSR count). The van der Waals surface area contributed by atoms with Crippen LogP contribution in [0.5, 0.6) is 0 Å². The lowest BCUT2D eigenvalue weighted by molar-refractivity contribution is 1.34. The summed E-state index contributed by atoms with van der Waals surface area (Å²) in [6, 6.07) is 6.85. The van der Waals surface area contributed by atoms with Gasteiger partial charge in [0, 0.05) is 16.8 Å². The van der Waals surface area contributed by atoms with Crippen molar-refractivity contribution in [3.8, 4) is 11.1 Å². The Balaban J connectivity index is 2.64. The summed E-state index contributed by atoms with van der Waals surface area (Å²) in [6.45, 7) is 0. The van der Waals surface area contributed by atoms with Crippen LogP contribution in [0.4, 0.5) is 5.82 Å². The Labute approximate surface area is 108 Å². The summed E-state index contributed by atoms with van der Waals surface area (Å²) in [5.41, 5.74) is 7.18. The Morgan fingerprint density at radius 1 is 1.06 bits per heavy atom. The number of nitrogen functional groups attached to an aromatic ring is 1. The number of pyridine rings is 1. The van der Waals surface area contributed by atoms with Crippen LogP contribution < -0.4 is 5.73 Å². The van der Waals surface area contributed by atoms with E-state index in [0.29, 0.717) is 20.9 Å². The lowest BCUT2D eigenvalue weighted by Gasteiger charge is -2.07.